The predicted octanol–water partition coefficient (Wildman–Crippen LogP) is 0.420. The zero-order chi connectivity index (χ0) is 12.6. The van der Waals surface area contributed by atoms with E-state index in [1.54, 1.807) is 0 Å². The van der Waals surface area contributed by atoms with Gasteiger partial charge >= 0.3 is 0 Å². The van der Waals surface area contributed by atoms with Gasteiger partial charge in [-0.05, 0) is 24.6 Å². The second-order valence-electron chi connectivity index (χ2n) is 3.63. The maximum Gasteiger partial charge on any atom is 0.259 e. The lowest BCUT2D eigenvalue weighted by Crippen LogP contribution is -2.58. The van der Waals surface area contributed by atoms with Crippen molar-refractivity contribution in [3.63, 3.8) is 0 Å². The minimum Gasteiger partial charge on any atom is -0.452 e. The number of carbonyl (C=O) groups excluding carboxylic acids is 3. The van der Waals surface area contributed by atoms with E-state index < -0.39 is 23.8 Å². The van der Waals surface area contributed by atoms with E-state index in [0.29, 0.717) is 0 Å². The largest absolute Gasteiger partial charge is 0.452 e. The van der Waals surface area contributed by atoms with E-state index in [-0.39, 0.29) is 17.3 Å². The topological polar surface area (TPSA) is 79.6 Å². The molecule has 0 saturated carbocycles. The Hall–Kier alpha value is -1.82. The number of hydrogen-bond donors (Lipinski definition) is 1. The molecular weight excluding hydrogens is 248 g/mol. The molecule has 7 heteroatoms. The summed E-state index contributed by atoms with van der Waals surface area (Å²) in [5.41, 5.74) is 0.140. The SMILES string of the molecule is CC1C(=O)NC(=O)CN1C(=O)c1ccoc1Cl. The van der Waals surface area contributed by atoms with Crippen LogP contribution in [0.2, 0.25) is 5.22 Å². The molecule has 3 amide bonds. The highest BCUT2D eigenvalue weighted by atomic mass is 35.5. The van der Waals surface area contributed by atoms with Crippen LogP contribution in [-0.2, 0) is 9.59 Å². The summed E-state index contributed by atoms with van der Waals surface area (Å²) >= 11 is 5.67. The summed E-state index contributed by atoms with van der Waals surface area (Å²) in [7, 11) is 0. The average Bonchev–Trinajstić information content (AvgIpc) is 2.69. The van der Waals surface area contributed by atoms with Gasteiger partial charge < -0.3 is 9.32 Å². The first-order chi connectivity index (χ1) is 8.00. The van der Waals surface area contributed by atoms with E-state index in [9.17, 15) is 14.4 Å². The van der Waals surface area contributed by atoms with Crippen LogP contribution in [0.25, 0.3) is 0 Å². The summed E-state index contributed by atoms with van der Waals surface area (Å²) in [6.07, 6.45) is 1.27. The van der Waals surface area contributed by atoms with Crippen LogP contribution in [0.5, 0.6) is 0 Å². The minimum absolute atomic E-state index is 0.0550. The van der Waals surface area contributed by atoms with Crippen LogP contribution in [0, 0.1) is 0 Å². The molecule has 1 unspecified atom stereocenters. The molecule has 1 aliphatic rings. The maximum absolute atomic E-state index is 12.0. The Kier molecular flexibility index (Phi) is 2.89. The molecule has 1 fully saturated rings. The number of nitrogens with zero attached hydrogens (tertiary/aromatic N) is 1. The molecule has 1 N–H and O–H groups in total. The second kappa shape index (κ2) is 4.21. The van der Waals surface area contributed by atoms with Crippen molar-refractivity contribution in [2.45, 2.75) is 13.0 Å². The first-order valence-corrected chi connectivity index (χ1v) is 5.26. The number of imide groups is 1. The molecule has 1 aliphatic heterocycles. The van der Waals surface area contributed by atoms with Gasteiger partial charge in [0.2, 0.25) is 17.0 Å². The van der Waals surface area contributed by atoms with Gasteiger partial charge in [0.15, 0.2) is 0 Å². The Morgan fingerprint density at radius 1 is 1.59 bits per heavy atom. The van der Waals surface area contributed by atoms with Gasteiger partial charge in [-0.1, -0.05) is 0 Å². The first-order valence-electron chi connectivity index (χ1n) is 4.88. The second-order valence-corrected chi connectivity index (χ2v) is 3.97. The fourth-order valence-electron chi connectivity index (χ4n) is 1.56. The van der Waals surface area contributed by atoms with Crippen molar-refractivity contribution in [2.75, 3.05) is 6.54 Å². The molecule has 1 aromatic rings. The predicted molar refractivity (Wildman–Crippen MR) is 57.4 cm³/mol. The van der Waals surface area contributed by atoms with Gasteiger partial charge in [-0.2, -0.15) is 0 Å². The molecular formula is C10H9ClN2O4. The number of nitrogens with one attached hydrogen (secondary N) is 1. The number of piperazine rings is 1. The van der Waals surface area contributed by atoms with Crippen molar-refractivity contribution in [3.05, 3.63) is 23.1 Å². The Bertz CT molecular complexity index is 496. The summed E-state index contributed by atoms with van der Waals surface area (Å²) < 4.78 is 4.80. The molecule has 2 rings (SSSR count). The van der Waals surface area contributed by atoms with Crippen LogP contribution in [-0.4, -0.2) is 35.2 Å². The molecule has 0 spiro atoms. The Morgan fingerprint density at radius 2 is 2.29 bits per heavy atom. The molecule has 90 valence electrons. The number of rotatable bonds is 1. The van der Waals surface area contributed by atoms with E-state index in [0.717, 1.165) is 4.90 Å². The van der Waals surface area contributed by atoms with E-state index >= 15 is 0 Å². The summed E-state index contributed by atoms with van der Waals surface area (Å²) in [5.74, 6) is -1.52. The average molecular weight is 257 g/mol. The Balaban J connectivity index is 2.27. The van der Waals surface area contributed by atoms with Crippen LogP contribution in [0.15, 0.2) is 16.7 Å². The molecule has 0 bridgehead atoms. The summed E-state index contributed by atoms with van der Waals surface area (Å²) in [6, 6.07) is 0.681. The van der Waals surface area contributed by atoms with Crippen LogP contribution < -0.4 is 5.32 Å². The zero-order valence-electron chi connectivity index (χ0n) is 8.90. The normalized spacial score (nSPS) is 20.4. The number of carbonyl (C=O) groups is 3. The first kappa shape index (κ1) is 11.7. The standard InChI is InChI=1S/C10H9ClN2O4/c1-5-9(15)12-7(14)4-13(5)10(16)6-2-3-17-8(6)11/h2-3,5H,4H2,1H3,(H,12,14,15). The van der Waals surface area contributed by atoms with Crippen molar-refractivity contribution in [1.29, 1.82) is 0 Å². The molecule has 0 aliphatic carbocycles. The van der Waals surface area contributed by atoms with Gasteiger partial charge in [-0.15, -0.1) is 0 Å². The highest BCUT2D eigenvalue weighted by Crippen LogP contribution is 2.20. The smallest absolute Gasteiger partial charge is 0.259 e. The van der Waals surface area contributed by atoms with Gasteiger partial charge in [-0.3, -0.25) is 19.7 Å². The number of amides is 3. The van der Waals surface area contributed by atoms with Crippen LogP contribution >= 0.6 is 11.6 Å². The molecule has 17 heavy (non-hydrogen) atoms. The lowest BCUT2D eigenvalue weighted by Gasteiger charge is -2.31. The molecule has 1 atom stereocenters. The maximum atomic E-state index is 12.0. The van der Waals surface area contributed by atoms with Gasteiger partial charge in [0.25, 0.3) is 5.91 Å². The quantitative estimate of drug-likeness (QED) is 0.739. The van der Waals surface area contributed by atoms with E-state index in [4.69, 9.17) is 16.0 Å². The lowest BCUT2D eigenvalue weighted by atomic mass is 10.1. The highest BCUT2D eigenvalue weighted by molar-refractivity contribution is 6.32. The van der Waals surface area contributed by atoms with Gasteiger partial charge in [0.05, 0.1) is 11.8 Å². The Morgan fingerprint density at radius 3 is 2.88 bits per heavy atom. The van der Waals surface area contributed by atoms with Crippen molar-refractivity contribution in [1.82, 2.24) is 10.2 Å². The molecule has 6 nitrogen and oxygen atoms in total. The van der Waals surface area contributed by atoms with Crippen molar-refractivity contribution in [3.8, 4) is 0 Å². The molecule has 1 saturated heterocycles. The minimum atomic E-state index is -0.717. The fraction of sp³-hybridized carbons (Fsp3) is 0.300. The van der Waals surface area contributed by atoms with E-state index in [1.807, 2.05) is 0 Å². The van der Waals surface area contributed by atoms with Crippen molar-refractivity contribution >= 4 is 29.3 Å². The van der Waals surface area contributed by atoms with Gasteiger partial charge in [0, 0.05) is 0 Å². The summed E-state index contributed by atoms with van der Waals surface area (Å²) in [5, 5.41) is 2.09. The lowest BCUT2D eigenvalue weighted by molar-refractivity contribution is -0.138. The molecule has 2 heterocycles. The highest BCUT2D eigenvalue weighted by Gasteiger charge is 2.35. The third-order valence-electron chi connectivity index (χ3n) is 2.53. The van der Waals surface area contributed by atoms with Crippen LogP contribution in [0.1, 0.15) is 17.3 Å². The van der Waals surface area contributed by atoms with Gasteiger partial charge in [-0.25, -0.2) is 0 Å². The third kappa shape index (κ3) is 2.03. The van der Waals surface area contributed by atoms with Crippen molar-refractivity contribution < 1.29 is 18.8 Å². The molecule has 0 aromatic carbocycles. The Labute approximate surface area is 102 Å². The summed E-state index contributed by atoms with van der Waals surface area (Å²) in [6.45, 7) is 1.36. The molecule has 1 aromatic heterocycles. The number of hydrogen-bond acceptors (Lipinski definition) is 4. The van der Waals surface area contributed by atoms with Gasteiger partial charge in [0.1, 0.15) is 12.6 Å². The third-order valence-corrected chi connectivity index (χ3v) is 2.83. The van der Waals surface area contributed by atoms with Crippen LogP contribution in [0.3, 0.4) is 0 Å². The zero-order valence-corrected chi connectivity index (χ0v) is 9.65. The van der Waals surface area contributed by atoms with Crippen LogP contribution in [0.4, 0.5) is 0 Å². The monoisotopic (exact) mass is 256 g/mol. The fourth-order valence-corrected chi connectivity index (χ4v) is 1.76. The number of furan rings is 1. The van der Waals surface area contributed by atoms with Crippen molar-refractivity contribution in [2.24, 2.45) is 0 Å². The summed E-state index contributed by atoms with van der Waals surface area (Å²) in [4.78, 5) is 35.8. The number of halogens is 1. The molecule has 0 radical (unpaired) electrons. The van der Waals surface area contributed by atoms with E-state index in [2.05, 4.69) is 5.32 Å². The van der Waals surface area contributed by atoms with E-state index in [1.165, 1.54) is 19.3 Å².